The number of nitro benzene ring substituents is 1. The summed E-state index contributed by atoms with van der Waals surface area (Å²) in [4.78, 5) is 22.1. The van der Waals surface area contributed by atoms with Crippen molar-refractivity contribution in [3.8, 4) is 11.5 Å². The van der Waals surface area contributed by atoms with Gasteiger partial charge in [0.05, 0.1) is 31.8 Å². The number of hydrogen-bond acceptors (Lipinski definition) is 6. The average Bonchev–Trinajstić information content (AvgIpc) is 2.41. The molecule has 0 saturated heterocycles. The number of carbonyl (C=O) groups is 1. The molecule has 122 valence electrons. The first kappa shape index (κ1) is 17.5. The summed E-state index contributed by atoms with van der Waals surface area (Å²) in [7, 11) is 2.80. The number of benzene rings is 1. The molecular formula is C14H20N2O6. The molecule has 22 heavy (non-hydrogen) atoms. The van der Waals surface area contributed by atoms with Crippen LogP contribution in [0.25, 0.3) is 0 Å². The van der Waals surface area contributed by atoms with Crippen LogP contribution in [0.4, 0.5) is 10.5 Å². The van der Waals surface area contributed by atoms with Crippen molar-refractivity contribution in [1.29, 1.82) is 0 Å². The summed E-state index contributed by atoms with van der Waals surface area (Å²) in [5.41, 5.74) is -0.368. The molecule has 0 aliphatic heterocycles. The zero-order valence-corrected chi connectivity index (χ0v) is 13.3. The Morgan fingerprint density at radius 1 is 1.27 bits per heavy atom. The van der Waals surface area contributed by atoms with E-state index in [0.29, 0.717) is 11.3 Å². The smallest absolute Gasteiger partial charge is 0.407 e. The third kappa shape index (κ3) is 4.80. The third-order valence-electron chi connectivity index (χ3n) is 2.57. The quantitative estimate of drug-likeness (QED) is 0.662. The van der Waals surface area contributed by atoms with Crippen molar-refractivity contribution in [3.63, 3.8) is 0 Å². The van der Waals surface area contributed by atoms with Crippen LogP contribution in [0.5, 0.6) is 11.5 Å². The lowest BCUT2D eigenvalue weighted by Gasteiger charge is -2.20. The second-order valence-corrected chi connectivity index (χ2v) is 5.45. The van der Waals surface area contributed by atoms with Crippen molar-refractivity contribution in [2.45, 2.75) is 32.9 Å². The average molecular weight is 312 g/mol. The van der Waals surface area contributed by atoms with Gasteiger partial charge in [0.2, 0.25) is 0 Å². The van der Waals surface area contributed by atoms with Crippen LogP contribution in [0.2, 0.25) is 0 Å². The molecule has 0 spiro atoms. The van der Waals surface area contributed by atoms with E-state index in [-0.39, 0.29) is 18.0 Å². The van der Waals surface area contributed by atoms with Gasteiger partial charge in [0.15, 0.2) is 11.5 Å². The van der Waals surface area contributed by atoms with Crippen LogP contribution in [-0.4, -0.2) is 30.8 Å². The molecule has 1 rings (SSSR count). The Hall–Kier alpha value is -2.51. The van der Waals surface area contributed by atoms with Crippen LogP contribution in [0.1, 0.15) is 26.3 Å². The minimum absolute atomic E-state index is 0.0100. The Morgan fingerprint density at radius 2 is 1.91 bits per heavy atom. The lowest BCUT2D eigenvalue weighted by atomic mass is 10.1. The first-order chi connectivity index (χ1) is 10.2. The highest BCUT2D eigenvalue weighted by Gasteiger charge is 2.20. The molecule has 0 aromatic heterocycles. The molecule has 0 bridgehead atoms. The van der Waals surface area contributed by atoms with Crippen molar-refractivity contribution >= 4 is 11.8 Å². The molecule has 0 saturated carbocycles. The SMILES string of the molecule is COc1cc([N+](=O)[O-])cc(CNC(=O)OC(C)(C)C)c1OC. The molecule has 1 amide bonds. The highest BCUT2D eigenvalue weighted by molar-refractivity contribution is 5.68. The summed E-state index contributed by atoms with van der Waals surface area (Å²) in [6.07, 6.45) is -0.625. The van der Waals surface area contributed by atoms with E-state index in [0.717, 1.165) is 0 Å². The van der Waals surface area contributed by atoms with Crippen LogP contribution in [0.3, 0.4) is 0 Å². The number of alkyl carbamates (subject to hydrolysis) is 1. The molecule has 0 radical (unpaired) electrons. The van der Waals surface area contributed by atoms with E-state index >= 15 is 0 Å². The van der Waals surface area contributed by atoms with Crippen LogP contribution in [-0.2, 0) is 11.3 Å². The normalized spacial score (nSPS) is 10.8. The Kier molecular flexibility index (Phi) is 5.56. The summed E-state index contributed by atoms with van der Waals surface area (Å²) in [6, 6.07) is 2.58. The second kappa shape index (κ2) is 6.97. The zero-order valence-electron chi connectivity index (χ0n) is 13.3. The number of carbonyl (C=O) groups excluding carboxylic acids is 1. The zero-order chi connectivity index (χ0) is 16.9. The van der Waals surface area contributed by atoms with Crippen molar-refractivity contribution in [2.24, 2.45) is 0 Å². The van der Waals surface area contributed by atoms with E-state index in [1.165, 1.54) is 26.4 Å². The first-order valence-electron chi connectivity index (χ1n) is 6.54. The number of nitrogens with one attached hydrogen (secondary N) is 1. The van der Waals surface area contributed by atoms with Gasteiger partial charge in [0, 0.05) is 11.6 Å². The number of methoxy groups -OCH3 is 2. The lowest BCUT2D eigenvalue weighted by molar-refractivity contribution is -0.385. The number of nitro groups is 1. The molecular weight excluding hydrogens is 292 g/mol. The van der Waals surface area contributed by atoms with Crippen molar-refractivity contribution in [2.75, 3.05) is 14.2 Å². The fourth-order valence-corrected chi connectivity index (χ4v) is 1.75. The van der Waals surface area contributed by atoms with Gasteiger partial charge in [-0.2, -0.15) is 0 Å². The van der Waals surface area contributed by atoms with E-state index in [4.69, 9.17) is 14.2 Å². The van der Waals surface area contributed by atoms with Gasteiger partial charge in [0.1, 0.15) is 5.60 Å². The number of ether oxygens (including phenoxy) is 3. The maximum Gasteiger partial charge on any atom is 0.407 e. The Morgan fingerprint density at radius 3 is 2.36 bits per heavy atom. The summed E-state index contributed by atoms with van der Waals surface area (Å²) in [6.45, 7) is 5.23. The number of amides is 1. The van der Waals surface area contributed by atoms with E-state index in [2.05, 4.69) is 5.32 Å². The molecule has 0 unspecified atom stereocenters. The van der Waals surface area contributed by atoms with Gasteiger partial charge >= 0.3 is 6.09 Å². The molecule has 0 heterocycles. The fourth-order valence-electron chi connectivity index (χ4n) is 1.75. The fraction of sp³-hybridized carbons (Fsp3) is 0.500. The maximum atomic E-state index is 11.7. The molecule has 1 aromatic rings. The van der Waals surface area contributed by atoms with E-state index < -0.39 is 16.6 Å². The Labute approximate surface area is 128 Å². The van der Waals surface area contributed by atoms with E-state index in [1.54, 1.807) is 20.8 Å². The largest absolute Gasteiger partial charge is 0.493 e. The number of rotatable bonds is 5. The standard InChI is InChI=1S/C14H20N2O6/c1-14(2,3)22-13(17)15-8-9-6-10(16(18)19)7-11(20-4)12(9)21-5/h6-7H,8H2,1-5H3,(H,15,17). The third-order valence-corrected chi connectivity index (χ3v) is 2.57. The summed E-state index contributed by atoms with van der Waals surface area (Å²) in [5, 5.41) is 13.5. The molecule has 1 aromatic carbocycles. The first-order valence-corrected chi connectivity index (χ1v) is 6.54. The number of non-ortho nitro benzene ring substituents is 1. The van der Waals surface area contributed by atoms with Gasteiger partial charge in [-0.3, -0.25) is 10.1 Å². The van der Waals surface area contributed by atoms with Gasteiger partial charge in [0.25, 0.3) is 5.69 Å². The molecule has 0 fully saturated rings. The molecule has 0 aliphatic rings. The van der Waals surface area contributed by atoms with Gasteiger partial charge in [-0.1, -0.05) is 0 Å². The number of nitrogens with zero attached hydrogens (tertiary/aromatic N) is 1. The van der Waals surface area contributed by atoms with Gasteiger partial charge in [-0.05, 0) is 20.8 Å². The monoisotopic (exact) mass is 312 g/mol. The lowest BCUT2D eigenvalue weighted by Crippen LogP contribution is -2.32. The number of hydrogen-bond donors (Lipinski definition) is 1. The highest BCUT2D eigenvalue weighted by Crippen LogP contribution is 2.35. The molecule has 8 heteroatoms. The predicted molar refractivity (Wildman–Crippen MR) is 79.3 cm³/mol. The van der Waals surface area contributed by atoms with Crippen LogP contribution >= 0.6 is 0 Å². The predicted octanol–water partition coefficient (Wildman–Crippen LogP) is 2.64. The maximum absolute atomic E-state index is 11.7. The highest BCUT2D eigenvalue weighted by atomic mass is 16.6. The molecule has 0 aliphatic carbocycles. The molecule has 8 nitrogen and oxygen atoms in total. The summed E-state index contributed by atoms with van der Waals surface area (Å²) >= 11 is 0. The van der Waals surface area contributed by atoms with Crippen molar-refractivity contribution < 1.29 is 23.9 Å². The van der Waals surface area contributed by atoms with Gasteiger partial charge in [-0.15, -0.1) is 0 Å². The van der Waals surface area contributed by atoms with Crippen LogP contribution in [0.15, 0.2) is 12.1 Å². The van der Waals surface area contributed by atoms with E-state index in [1.807, 2.05) is 0 Å². The van der Waals surface area contributed by atoms with Gasteiger partial charge < -0.3 is 19.5 Å². The minimum Gasteiger partial charge on any atom is -0.493 e. The minimum atomic E-state index is -0.630. The molecule has 1 N–H and O–H groups in total. The van der Waals surface area contributed by atoms with Crippen LogP contribution < -0.4 is 14.8 Å². The topological polar surface area (TPSA) is 99.9 Å². The summed E-state index contributed by atoms with van der Waals surface area (Å²) < 4.78 is 15.4. The summed E-state index contributed by atoms with van der Waals surface area (Å²) in [5.74, 6) is 0.543. The van der Waals surface area contributed by atoms with Crippen molar-refractivity contribution in [3.05, 3.63) is 27.8 Å². The second-order valence-electron chi connectivity index (χ2n) is 5.45. The van der Waals surface area contributed by atoms with Crippen molar-refractivity contribution in [1.82, 2.24) is 5.32 Å². The van der Waals surface area contributed by atoms with Crippen LogP contribution in [0, 0.1) is 10.1 Å². The van der Waals surface area contributed by atoms with E-state index in [9.17, 15) is 14.9 Å². The molecule has 0 atom stereocenters. The Bertz CT molecular complexity index is 565. The van der Waals surface area contributed by atoms with Gasteiger partial charge in [-0.25, -0.2) is 4.79 Å². The Balaban J connectivity index is 2.99.